The fraction of sp³-hybridized carbons (Fsp3) is 0.222. The summed E-state index contributed by atoms with van der Waals surface area (Å²) in [5, 5.41) is 8.51. The summed E-state index contributed by atoms with van der Waals surface area (Å²) in [6.07, 6.45) is 3.73. The maximum atomic E-state index is 10.4. The Labute approximate surface area is 70.3 Å². The normalized spacial score (nSPS) is 11.6. The Kier molecular flexibility index (Phi) is 2.69. The van der Waals surface area contributed by atoms with E-state index < -0.39 is 5.97 Å². The van der Waals surface area contributed by atoms with Crippen LogP contribution < -0.4 is 0 Å². The first kappa shape index (κ1) is 8.59. The third-order valence-corrected chi connectivity index (χ3v) is 1.53. The van der Waals surface area contributed by atoms with Crippen LogP contribution in [0.1, 0.15) is 12.7 Å². The van der Waals surface area contributed by atoms with Crippen molar-refractivity contribution in [3.05, 3.63) is 35.8 Å². The molecule has 0 aliphatic rings. The molecule has 0 atom stereocenters. The van der Waals surface area contributed by atoms with Crippen molar-refractivity contribution in [2.45, 2.75) is 13.3 Å². The van der Waals surface area contributed by atoms with E-state index in [1.165, 1.54) is 0 Å². The Hall–Kier alpha value is -1.51. The van der Waals surface area contributed by atoms with Crippen LogP contribution in [0.4, 0.5) is 0 Å². The van der Waals surface area contributed by atoms with Gasteiger partial charge in [0.2, 0.25) is 0 Å². The average Bonchev–Trinajstić information content (AvgIpc) is 2.51. The molecule has 0 amide bonds. The van der Waals surface area contributed by atoms with Crippen molar-refractivity contribution in [2.24, 2.45) is 0 Å². The number of hydrogen-bond acceptors (Lipinski definition) is 2. The topological polar surface area (TPSA) is 50.4 Å². The van der Waals surface area contributed by atoms with Crippen molar-refractivity contribution in [3.63, 3.8) is 0 Å². The third kappa shape index (κ3) is 2.27. The Balaban J connectivity index is 2.55. The van der Waals surface area contributed by atoms with Gasteiger partial charge >= 0.3 is 5.97 Å². The summed E-state index contributed by atoms with van der Waals surface area (Å²) in [5.74, 6) is -0.114. The van der Waals surface area contributed by atoms with Crippen molar-refractivity contribution in [2.75, 3.05) is 0 Å². The van der Waals surface area contributed by atoms with E-state index in [-0.39, 0.29) is 0 Å². The molecule has 12 heavy (non-hydrogen) atoms. The number of rotatable bonds is 3. The molecule has 0 spiro atoms. The smallest absolute Gasteiger partial charge is 0.330 e. The van der Waals surface area contributed by atoms with Gasteiger partial charge in [-0.25, -0.2) is 4.79 Å². The molecule has 0 aliphatic carbocycles. The van der Waals surface area contributed by atoms with Crippen LogP contribution in [0.25, 0.3) is 0 Å². The lowest BCUT2D eigenvalue weighted by Gasteiger charge is -1.91. The number of allylic oxidation sites excluding steroid dienone is 1. The second kappa shape index (κ2) is 3.76. The van der Waals surface area contributed by atoms with Crippen LogP contribution >= 0.6 is 0 Å². The van der Waals surface area contributed by atoms with E-state index in [1.807, 2.05) is 6.07 Å². The first-order valence-corrected chi connectivity index (χ1v) is 3.62. The predicted octanol–water partition coefficient (Wildman–Crippen LogP) is 1.85. The quantitative estimate of drug-likeness (QED) is 0.697. The molecule has 0 bridgehead atoms. The van der Waals surface area contributed by atoms with Gasteiger partial charge in [-0.2, -0.15) is 0 Å². The minimum Gasteiger partial charge on any atom is -0.478 e. The number of aliphatic carboxylic acids is 1. The third-order valence-electron chi connectivity index (χ3n) is 1.53. The molecule has 3 heteroatoms. The molecule has 1 N–H and O–H groups in total. The lowest BCUT2D eigenvalue weighted by Crippen LogP contribution is -1.96. The first-order valence-electron chi connectivity index (χ1n) is 3.62. The van der Waals surface area contributed by atoms with Gasteiger partial charge in [0, 0.05) is 12.0 Å². The summed E-state index contributed by atoms with van der Waals surface area (Å²) in [5.41, 5.74) is 0.339. The molecule has 64 valence electrons. The highest BCUT2D eigenvalue weighted by Crippen LogP contribution is 2.03. The van der Waals surface area contributed by atoms with Crippen molar-refractivity contribution >= 4 is 5.97 Å². The molecule has 0 saturated carbocycles. The zero-order valence-corrected chi connectivity index (χ0v) is 6.78. The zero-order chi connectivity index (χ0) is 8.97. The minimum absolute atomic E-state index is 0.339. The predicted molar refractivity (Wildman–Crippen MR) is 43.8 cm³/mol. The SMILES string of the molecule is CC(=CCc1ccco1)C(=O)O. The van der Waals surface area contributed by atoms with E-state index in [2.05, 4.69) is 0 Å². The average molecular weight is 166 g/mol. The molecule has 0 aliphatic heterocycles. The highest BCUT2D eigenvalue weighted by atomic mass is 16.4. The summed E-state index contributed by atoms with van der Waals surface area (Å²) in [6, 6.07) is 3.59. The van der Waals surface area contributed by atoms with Crippen molar-refractivity contribution < 1.29 is 14.3 Å². The van der Waals surface area contributed by atoms with Gasteiger partial charge in [0.05, 0.1) is 6.26 Å². The molecule has 0 unspecified atom stereocenters. The van der Waals surface area contributed by atoms with E-state index in [0.29, 0.717) is 12.0 Å². The molecule has 0 fully saturated rings. The molecule has 1 aromatic heterocycles. The molecule has 0 saturated heterocycles. The summed E-state index contributed by atoms with van der Waals surface area (Å²) in [6.45, 7) is 1.56. The van der Waals surface area contributed by atoms with Crippen molar-refractivity contribution in [1.29, 1.82) is 0 Å². The Morgan fingerprint density at radius 2 is 2.50 bits per heavy atom. The van der Waals surface area contributed by atoms with Crippen LogP contribution in [0.15, 0.2) is 34.5 Å². The van der Waals surface area contributed by atoms with Gasteiger partial charge in [0.25, 0.3) is 0 Å². The monoisotopic (exact) mass is 166 g/mol. The Morgan fingerprint density at radius 1 is 1.75 bits per heavy atom. The zero-order valence-electron chi connectivity index (χ0n) is 6.78. The number of carbonyl (C=O) groups is 1. The van der Waals surface area contributed by atoms with E-state index in [0.717, 1.165) is 5.76 Å². The van der Waals surface area contributed by atoms with Gasteiger partial charge in [-0.3, -0.25) is 0 Å². The van der Waals surface area contributed by atoms with Crippen molar-refractivity contribution in [1.82, 2.24) is 0 Å². The number of hydrogen-bond donors (Lipinski definition) is 1. The highest BCUT2D eigenvalue weighted by molar-refractivity contribution is 5.85. The maximum Gasteiger partial charge on any atom is 0.330 e. The van der Waals surface area contributed by atoms with E-state index in [1.54, 1.807) is 25.3 Å². The van der Waals surface area contributed by atoms with Gasteiger partial charge in [-0.15, -0.1) is 0 Å². The van der Waals surface area contributed by atoms with Crippen LogP contribution in [0.2, 0.25) is 0 Å². The lowest BCUT2D eigenvalue weighted by molar-refractivity contribution is -0.132. The standard InChI is InChI=1S/C9H10O3/c1-7(9(10)11)4-5-8-3-2-6-12-8/h2-4,6H,5H2,1H3,(H,10,11). The van der Waals surface area contributed by atoms with E-state index in [4.69, 9.17) is 9.52 Å². The number of carboxylic acid groups (broad SMARTS) is 1. The summed E-state index contributed by atoms with van der Waals surface area (Å²) < 4.78 is 5.03. The van der Waals surface area contributed by atoms with Gasteiger partial charge in [-0.1, -0.05) is 6.08 Å². The molecule has 3 nitrogen and oxygen atoms in total. The Morgan fingerprint density at radius 3 is 3.00 bits per heavy atom. The van der Waals surface area contributed by atoms with Gasteiger partial charge in [0.1, 0.15) is 5.76 Å². The second-order valence-electron chi connectivity index (χ2n) is 2.48. The molecule has 1 aromatic rings. The number of furan rings is 1. The second-order valence-corrected chi connectivity index (χ2v) is 2.48. The fourth-order valence-corrected chi connectivity index (χ4v) is 0.770. The molecule has 1 heterocycles. The first-order chi connectivity index (χ1) is 5.70. The van der Waals surface area contributed by atoms with Crippen LogP contribution in [-0.4, -0.2) is 11.1 Å². The van der Waals surface area contributed by atoms with Crippen molar-refractivity contribution in [3.8, 4) is 0 Å². The van der Waals surface area contributed by atoms with Gasteiger partial charge < -0.3 is 9.52 Å². The Bertz CT molecular complexity index is 283. The van der Waals surface area contributed by atoms with Crippen LogP contribution in [0.5, 0.6) is 0 Å². The number of carboxylic acids is 1. The summed E-state index contributed by atoms with van der Waals surface area (Å²) in [4.78, 5) is 10.4. The maximum absolute atomic E-state index is 10.4. The van der Waals surface area contributed by atoms with E-state index >= 15 is 0 Å². The summed E-state index contributed by atoms with van der Waals surface area (Å²) in [7, 11) is 0. The van der Waals surface area contributed by atoms with Crippen LogP contribution in [0.3, 0.4) is 0 Å². The highest BCUT2D eigenvalue weighted by Gasteiger charge is 1.99. The largest absolute Gasteiger partial charge is 0.478 e. The van der Waals surface area contributed by atoms with Gasteiger partial charge in [0.15, 0.2) is 0 Å². The molecule has 0 radical (unpaired) electrons. The minimum atomic E-state index is -0.887. The molecular weight excluding hydrogens is 156 g/mol. The fourth-order valence-electron chi connectivity index (χ4n) is 0.770. The molecular formula is C9H10O3. The van der Waals surface area contributed by atoms with Gasteiger partial charge in [-0.05, 0) is 19.1 Å². The summed E-state index contributed by atoms with van der Waals surface area (Å²) >= 11 is 0. The van der Waals surface area contributed by atoms with Crippen LogP contribution in [0, 0.1) is 0 Å². The molecule has 1 rings (SSSR count). The lowest BCUT2D eigenvalue weighted by atomic mass is 10.2. The van der Waals surface area contributed by atoms with Crippen LogP contribution in [-0.2, 0) is 11.2 Å². The van der Waals surface area contributed by atoms with E-state index in [9.17, 15) is 4.79 Å². The molecule has 0 aromatic carbocycles.